The molecule has 1 amide bonds. The van der Waals surface area contributed by atoms with Crippen LogP contribution in [0.1, 0.15) is 12.5 Å². The van der Waals surface area contributed by atoms with Gasteiger partial charge in [0.1, 0.15) is 18.0 Å². The smallest absolute Gasteiger partial charge is 0.331 e. The van der Waals surface area contributed by atoms with E-state index in [1.807, 2.05) is 18.2 Å². The molecular formula is C18H17NO4. The van der Waals surface area contributed by atoms with E-state index in [0.29, 0.717) is 17.2 Å². The number of amides is 1. The van der Waals surface area contributed by atoms with Crippen molar-refractivity contribution in [3.8, 4) is 11.5 Å². The van der Waals surface area contributed by atoms with Crippen LogP contribution in [0.5, 0.6) is 11.5 Å². The van der Waals surface area contributed by atoms with Gasteiger partial charge in [-0.25, -0.2) is 4.79 Å². The van der Waals surface area contributed by atoms with Crippen LogP contribution in [0.15, 0.2) is 48.5 Å². The van der Waals surface area contributed by atoms with Crippen molar-refractivity contribution in [1.82, 2.24) is 0 Å². The molecule has 23 heavy (non-hydrogen) atoms. The van der Waals surface area contributed by atoms with Crippen molar-refractivity contribution in [1.29, 1.82) is 0 Å². The third-order valence-corrected chi connectivity index (χ3v) is 3.66. The fourth-order valence-electron chi connectivity index (χ4n) is 2.41. The lowest BCUT2D eigenvalue weighted by Gasteiger charge is -2.28. The molecule has 0 aliphatic carbocycles. The normalized spacial score (nSPS) is 13.3. The largest absolute Gasteiger partial charge is 0.482 e. The number of rotatable bonds is 4. The van der Waals surface area contributed by atoms with Crippen molar-refractivity contribution in [2.45, 2.75) is 13.3 Å². The fourth-order valence-corrected chi connectivity index (χ4v) is 2.41. The van der Waals surface area contributed by atoms with Crippen molar-refractivity contribution in [3.05, 3.63) is 54.1 Å². The van der Waals surface area contributed by atoms with Gasteiger partial charge in [0.25, 0.3) is 5.91 Å². The second-order valence-electron chi connectivity index (χ2n) is 5.21. The predicted octanol–water partition coefficient (Wildman–Crippen LogP) is 2.58. The number of para-hydroxylation sites is 2. The standard InChI is InChI=1S/C18H17NO4/c1-2-13-7-9-14(10-8-13)23-18(21)11-19-15-5-3-4-6-16(15)22-12-17(19)20/h3-10H,2,11-12H2,1H3. The van der Waals surface area contributed by atoms with Crippen LogP contribution < -0.4 is 14.4 Å². The first-order chi connectivity index (χ1) is 11.2. The number of esters is 1. The van der Waals surface area contributed by atoms with E-state index in [1.165, 1.54) is 10.5 Å². The van der Waals surface area contributed by atoms with Gasteiger partial charge in [-0.05, 0) is 36.2 Å². The topological polar surface area (TPSA) is 55.8 Å². The van der Waals surface area contributed by atoms with Crippen molar-refractivity contribution in [2.24, 2.45) is 0 Å². The Morgan fingerprint density at radius 1 is 1.17 bits per heavy atom. The van der Waals surface area contributed by atoms with E-state index < -0.39 is 5.97 Å². The molecule has 0 spiro atoms. The second kappa shape index (κ2) is 6.52. The summed E-state index contributed by atoms with van der Waals surface area (Å²) in [4.78, 5) is 25.5. The molecule has 0 fully saturated rings. The molecule has 1 aliphatic rings. The average molecular weight is 311 g/mol. The third-order valence-electron chi connectivity index (χ3n) is 3.66. The van der Waals surface area contributed by atoms with Gasteiger partial charge in [0.05, 0.1) is 5.69 Å². The molecule has 5 heteroatoms. The summed E-state index contributed by atoms with van der Waals surface area (Å²) in [5.74, 6) is 0.315. The number of carbonyl (C=O) groups is 2. The Morgan fingerprint density at radius 2 is 1.91 bits per heavy atom. The molecule has 0 radical (unpaired) electrons. The number of fused-ring (bicyclic) bond motifs is 1. The molecule has 0 aromatic heterocycles. The summed E-state index contributed by atoms with van der Waals surface area (Å²) in [5, 5.41) is 0. The zero-order chi connectivity index (χ0) is 16.2. The van der Waals surface area contributed by atoms with Gasteiger partial charge in [-0.15, -0.1) is 0 Å². The van der Waals surface area contributed by atoms with E-state index in [9.17, 15) is 9.59 Å². The highest BCUT2D eigenvalue weighted by molar-refractivity contribution is 6.01. The van der Waals surface area contributed by atoms with Crippen LogP contribution in [-0.2, 0) is 16.0 Å². The van der Waals surface area contributed by atoms with Gasteiger partial charge in [0.15, 0.2) is 6.61 Å². The number of ether oxygens (including phenoxy) is 2. The Bertz CT molecular complexity index is 724. The van der Waals surface area contributed by atoms with E-state index in [-0.39, 0.29) is 19.1 Å². The van der Waals surface area contributed by atoms with Crippen molar-refractivity contribution in [3.63, 3.8) is 0 Å². The number of nitrogens with zero attached hydrogens (tertiary/aromatic N) is 1. The van der Waals surface area contributed by atoms with E-state index in [4.69, 9.17) is 9.47 Å². The highest BCUT2D eigenvalue weighted by Crippen LogP contribution is 2.31. The molecule has 2 aromatic rings. The van der Waals surface area contributed by atoms with Crippen LogP contribution >= 0.6 is 0 Å². The summed E-state index contributed by atoms with van der Waals surface area (Å²) in [7, 11) is 0. The molecule has 0 unspecified atom stereocenters. The number of carbonyl (C=O) groups excluding carboxylic acids is 2. The van der Waals surface area contributed by atoms with E-state index in [0.717, 1.165) is 6.42 Å². The van der Waals surface area contributed by atoms with Crippen LogP contribution in [0.25, 0.3) is 0 Å². The summed E-state index contributed by atoms with van der Waals surface area (Å²) in [5.41, 5.74) is 1.75. The Balaban J connectivity index is 1.71. The van der Waals surface area contributed by atoms with Gasteiger partial charge in [-0.1, -0.05) is 31.2 Å². The maximum atomic E-state index is 12.1. The summed E-state index contributed by atoms with van der Waals surface area (Å²) in [6, 6.07) is 14.5. The van der Waals surface area contributed by atoms with Crippen LogP contribution in [-0.4, -0.2) is 25.0 Å². The lowest BCUT2D eigenvalue weighted by molar-refractivity contribution is -0.134. The molecule has 1 aliphatic heterocycles. The van der Waals surface area contributed by atoms with Gasteiger partial charge in [-0.2, -0.15) is 0 Å². The van der Waals surface area contributed by atoms with E-state index in [2.05, 4.69) is 6.92 Å². The minimum absolute atomic E-state index is 0.0739. The molecule has 0 atom stereocenters. The SMILES string of the molecule is CCc1ccc(OC(=O)CN2C(=O)COc3ccccc32)cc1. The molecule has 3 rings (SSSR count). The van der Waals surface area contributed by atoms with Crippen LogP contribution in [0.2, 0.25) is 0 Å². The van der Waals surface area contributed by atoms with Gasteiger partial charge >= 0.3 is 5.97 Å². The van der Waals surface area contributed by atoms with Crippen molar-refractivity contribution in [2.75, 3.05) is 18.1 Å². The number of aryl methyl sites for hydroxylation is 1. The fraction of sp³-hybridized carbons (Fsp3) is 0.222. The van der Waals surface area contributed by atoms with Crippen LogP contribution in [0.4, 0.5) is 5.69 Å². The van der Waals surface area contributed by atoms with Gasteiger partial charge in [0.2, 0.25) is 0 Å². The maximum Gasteiger partial charge on any atom is 0.331 e. The Morgan fingerprint density at radius 3 is 2.65 bits per heavy atom. The van der Waals surface area contributed by atoms with E-state index >= 15 is 0 Å². The molecule has 1 heterocycles. The molecule has 0 saturated heterocycles. The monoisotopic (exact) mass is 311 g/mol. The number of benzene rings is 2. The van der Waals surface area contributed by atoms with E-state index in [1.54, 1.807) is 30.3 Å². The zero-order valence-electron chi connectivity index (χ0n) is 12.8. The highest BCUT2D eigenvalue weighted by atomic mass is 16.5. The molecular weight excluding hydrogens is 294 g/mol. The lowest BCUT2D eigenvalue weighted by Crippen LogP contribution is -2.43. The van der Waals surface area contributed by atoms with Crippen molar-refractivity contribution >= 4 is 17.6 Å². The number of anilines is 1. The highest BCUT2D eigenvalue weighted by Gasteiger charge is 2.27. The first-order valence-electron chi connectivity index (χ1n) is 7.49. The molecule has 118 valence electrons. The predicted molar refractivity (Wildman–Crippen MR) is 85.7 cm³/mol. The van der Waals surface area contributed by atoms with Crippen LogP contribution in [0.3, 0.4) is 0 Å². The molecule has 0 saturated carbocycles. The minimum Gasteiger partial charge on any atom is -0.482 e. The lowest BCUT2D eigenvalue weighted by atomic mass is 10.2. The zero-order valence-corrected chi connectivity index (χ0v) is 12.8. The van der Waals surface area contributed by atoms with Crippen molar-refractivity contribution < 1.29 is 19.1 Å². The summed E-state index contributed by atoms with van der Waals surface area (Å²) < 4.78 is 10.7. The van der Waals surface area contributed by atoms with Crippen LogP contribution in [0, 0.1) is 0 Å². The summed E-state index contributed by atoms with van der Waals surface area (Å²) >= 11 is 0. The molecule has 2 aromatic carbocycles. The molecule has 0 N–H and O–H groups in total. The molecule has 5 nitrogen and oxygen atoms in total. The Labute approximate surface area is 134 Å². The van der Waals surface area contributed by atoms with Gasteiger partial charge in [-0.3, -0.25) is 9.69 Å². The Hall–Kier alpha value is -2.82. The average Bonchev–Trinajstić information content (AvgIpc) is 2.58. The Kier molecular flexibility index (Phi) is 4.28. The number of hydrogen-bond donors (Lipinski definition) is 0. The maximum absolute atomic E-state index is 12.1. The summed E-state index contributed by atoms with van der Waals surface area (Å²) in [6.45, 7) is 1.84. The third kappa shape index (κ3) is 3.34. The minimum atomic E-state index is -0.487. The summed E-state index contributed by atoms with van der Waals surface area (Å²) in [6.07, 6.45) is 0.924. The number of hydrogen-bond acceptors (Lipinski definition) is 4. The quantitative estimate of drug-likeness (QED) is 0.643. The molecule has 0 bridgehead atoms. The van der Waals surface area contributed by atoms with Gasteiger partial charge < -0.3 is 9.47 Å². The first kappa shape index (κ1) is 15.1. The first-order valence-corrected chi connectivity index (χ1v) is 7.49. The van der Waals surface area contributed by atoms with Gasteiger partial charge in [0, 0.05) is 0 Å². The second-order valence-corrected chi connectivity index (χ2v) is 5.21.